The van der Waals surface area contributed by atoms with Gasteiger partial charge >= 0.3 is 0 Å². The van der Waals surface area contributed by atoms with Gasteiger partial charge in [0.2, 0.25) is 5.91 Å². The molecule has 1 aromatic heterocycles. The van der Waals surface area contributed by atoms with Gasteiger partial charge in [-0.25, -0.2) is 5.43 Å². The number of piperazine rings is 1. The smallest absolute Gasteiger partial charge is 0.241 e. The Morgan fingerprint density at radius 2 is 1.92 bits per heavy atom. The van der Waals surface area contributed by atoms with Crippen molar-refractivity contribution >= 4 is 17.8 Å². The predicted octanol–water partition coefficient (Wildman–Crippen LogP) is 1.94. The number of carbonyl (C=O) groups excluding carboxylic acids is 1. The van der Waals surface area contributed by atoms with Crippen molar-refractivity contribution in [3.63, 3.8) is 0 Å². The standard InChI is InChI=1S/C18H22N4O2/c23-18(20-19-15-17-7-4-14-24-17)8-9-21-10-12-22(13-11-21)16-5-2-1-3-6-16/h1-7,14-15H,8-13H2,(H,20,23)/b19-15+. The monoisotopic (exact) mass is 326 g/mol. The first kappa shape index (κ1) is 16.3. The van der Waals surface area contributed by atoms with E-state index < -0.39 is 0 Å². The van der Waals surface area contributed by atoms with E-state index in [-0.39, 0.29) is 5.91 Å². The quantitative estimate of drug-likeness (QED) is 0.651. The molecule has 126 valence electrons. The zero-order valence-corrected chi connectivity index (χ0v) is 13.6. The summed E-state index contributed by atoms with van der Waals surface area (Å²) in [6.07, 6.45) is 3.51. The van der Waals surface area contributed by atoms with E-state index in [9.17, 15) is 4.79 Å². The highest BCUT2D eigenvalue weighted by Crippen LogP contribution is 2.15. The van der Waals surface area contributed by atoms with Crippen molar-refractivity contribution in [3.8, 4) is 0 Å². The molecule has 1 aliphatic heterocycles. The Balaban J connectivity index is 1.35. The topological polar surface area (TPSA) is 61.1 Å². The van der Waals surface area contributed by atoms with E-state index in [0.717, 1.165) is 32.7 Å². The summed E-state index contributed by atoms with van der Waals surface area (Å²) in [6, 6.07) is 14.0. The molecule has 0 bridgehead atoms. The minimum absolute atomic E-state index is 0.0803. The Hall–Kier alpha value is -2.60. The second-order valence-electron chi connectivity index (χ2n) is 5.72. The molecule has 1 fully saturated rings. The molecule has 0 spiro atoms. The zero-order valence-electron chi connectivity index (χ0n) is 13.6. The highest BCUT2D eigenvalue weighted by molar-refractivity contribution is 5.80. The van der Waals surface area contributed by atoms with Crippen molar-refractivity contribution in [2.45, 2.75) is 6.42 Å². The number of amides is 1. The number of nitrogens with one attached hydrogen (secondary N) is 1. The average Bonchev–Trinajstić information content (AvgIpc) is 3.15. The third kappa shape index (κ3) is 4.70. The van der Waals surface area contributed by atoms with Gasteiger partial charge in [0.15, 0.2) is 0 Å². The van der Waals surface area contributed by atoms with Gasteiger partial charge in [-0.3, -0.25) is 9.69 Å². The Labute approximate surface area is 141 Å². The third-order valence-electron chi connectivity index (χ3n) is 4.07. The molecule has 6 nitrogen and oxygen atoms in total. The first-order chi connectivity index (χ1) is 11.8. The summed E-state index contributed by atoms with van der Waals surface area (Å²) in [5.74, 6) is 0.538. The SMILES string of the molecule is O=C(CCN1CCN(c2ccccc2)CC1)N/N=C/c1ccco1. The van der Waals surface area contributed by atoms with Crippen LogP contribution in [0.3, 0.4) is 0 Å². The van der Waals surface area contributed by atoms with E-state index in [2.05, 4.69) is 44.6 Å². The lowest BCUT2D eigenvalue weighted by molar-refractivity contribution is -0.121. The molecule has 2 aromatic rings. The van der Waals surface area contributed by atoms with E-state index in [0.29, 0.717) is 12.2 Å². The maximum atomic E-state index is 11.8. The Morgan fingerprint density at radius 3 is 2.62 bits per heavy atom. The number of anilines is 1. The molecule has 0 aliphatic carbocycles. The van der Waals surface area contributed by atoms with Gasteiger partial charge in [-0.1, -0.05) is 18.2 Å². The molecule has 1 aromatic carbocycles. The van der Waals surface area contributed by atoms with Gasteiger partial charge in [-0.15, -0.1) is 0 Å². The highest BCUT2D eigenvalue weighted by Gasteiger charge is 2.17. The number of hydrogen-bond acceptors (Lipinski definition) is 5. The van der Waals surface area contributed by atoms with Gasteiger partial charge in [0.25, 0.3) is 0 Å². The normalized spacial score (nSPS) is 15.8. The molecule has 0 saturated carbocycles. The fourth-order valence-electron chi connectivity index (χ4n) is 2.72. The number of hydrazone groups is 1. The second-order valence-corrected chi connectivity index (χ2v) is 5.72. The van der Waals surface area contributed by atoms with Crippen molar-refractivity contribution in [2.75, 3.05) is 37.6 Å². The van der Waals surface area contributed by atoms with E-state index in [1.807, 2.05) is 6.07 Å². The van der Waals surface area contributed by atoms with Crippen LogP contribution in [0.2, 0.25) is 0 Å². The van der Waals surface area contributed by atoms with Crippen LogP contribution in [0.15, 0.2) is 58.2 Å². The van der Waals surface area contributed by atoms with Crippen molar-refractivity contribution < 1.29 is 9.21 Å². The minimum Gasteiger partial charge on any atom is -0.463 e. The van der Waals surface area contributed by atoms with E-state index in [1.165, 1.54) is 11.9 Å². The predicted molar refractivity (Wildman–Crippen MR) is 94.2 cm³/mol. The van der Waals surface area contributed by atoms with Gasteiger partial charge < -0.3 is 9.32 Å². The second kappa shape index (κ2) is 8.31. The summed E-state index contributed by atoms with van der Waals surface area (Å²) in [5, 5.41) is 3.88. The Bertz CT molecular complexity index is 647. The molecule has 1 N–H and O–H groups in total. The highest BCUT2D eigenvalue weighted by atomic mass is 16.3. The lowest BCUT2D eigenvalue weighted by Crippen LogP contribution is -2.47. The summed E-state index contributed by atoms with van der Waals surface area (Å²) in [5.41, 5.74) is 3.79. The Morgan fingerprint density at radius 1 is 1.12 bits per heavy atom. The van der Waals surface area contributed by atoms with Crippen LogP contribution in [0.5, 0.6) is 0 Å². The fraction of sp³-hybridized carbons (Fsp3) is 0.333. The molecular weight excluding hydrogens is 304 g/mol. The number of rotatable bonds is 6. The fourth-order valence-corrected chi connectivity index (χ4v) is 2.72. The van der Waals surface area contributed by atoms with E-state index in [4.69, 9.17) is 4.42 Å². The van der Waals surface area contributed by atoms with Gasteiger partial charge in [-0.05, 0) is 24.3 Å². The molecule has 6 heteroatoms. The maximum absolute atomic E-state index is 11.8. The number of nitrogens with zero attached hydrogens (tertiary/aromatic N) is 3. The van der Waals surface area contributed by atoms with Crippen molar-refractivity contribution in [2.24, 2.45) is 5.10 Å². The van der Waals surface area contributed by atoms with E-state index >= 15 is 0 Å². The number of benzene rings is 1. The average molecular weight is 326 g/mol. The van der Waals surface area contributed by atoms with Crippen LogP contribution < -0.4 is 10.3 Å². The maximum Gasteiger partial charge on any atom is 0.241 e. The summed E-state index contributed by atoms with van der Waals surface area (Å²) < 4.78 is 5.10. The van der Waals surface area contributed by atoms with Crippen molar-refractivity contribution in [1.82, 2.24) is 10.3 Å². The van der Waals surface area contributed by atoms with Crippen LogP contribution in [-0.2, 0) is 4.79 Å². The Kier molecular flexibility index (Phi) is 5.63. The van der Waals surface area contributed by atoms with Crippen molar-refractivity contribution in [1.29, 1.82) is 0 Å². The van der Waals surface area contributed by atoms with Gasteiger partial charge in [0, 0.05) is 44.8 Å². The molecule has 1 amide bonds. The number of furan rings is 1. The largest absolute Gasteiger partial charge is 0.463 e. The number of carbonyl (C=O) groups is 1. The molecule has 1 aliphatic rings. The molecule has 1 saturated heterocycles. The van der Waals surface area contributed by atoms with Crippen LogP contribution >= 0.6 is 0 Å². The van der Waals surface area contributed by atoms with Gasteiger partial charge in [0.1, 0.15) is 5.76 Å². The molecule has 2 heterocycles. The van der Waals surface area contributed by atoms with Crippen molar-refractivity contribution in [3.05, 3.63) is 54.5 Å². The van der Waals surface area contributed by atoms with E-state index in [1.54, 1.807) is 18.4 Å². The molecule has 0 radical (unpaired) electrons. The summed E-state index contributed by atoms with van der Waals surface area (Å²) >= 11 is 0. The molecule has 24 heavy (non-hydrogen) atoms. The van der Waals surface area contributed by atoms with Gasteiger partial charge in [0.05, 0.1) is 12.5 Å². The lowest BCUT2D eigenvalue weighted by atomic mass is 10.2. The molecule has 3 rings (SSSR count). The molecular formula is C18H22N4O2. The lowest BCUT2D eigenvalue weighted by Gasteiger charge is -2.36. The number of para-hydroxylation sites is 1. The van der Waals surface area contributed by atoms with Crippen LogP contribution in [-0.4, -0.2) is 49.7 Å². The number of hydrogen-bond donors (Lipinski definition) is 1. The summed E-state index contributed by atoms with van der Waals surface area (Å²) in [7, 11) is 0. The molecule has 0 atom stereocenters. The van der Waals surface area contributed by atoms with Crippen LogP contribution in [0.25, 0.3) is 0 Å². The van der Waals surface area contributed by atoms with Gasteiger partial charge in [-0.2, -0.15) is 5.10 Å². The minimum atomic E-state index is -0.0803. The van der Waals surface area contributed by atoms with Crippen LogP contribution in [0.4, 0.5) is 5.69 Å². The first-order valence-corrected chi connectivity index (χ1v) is 8.19. The van der Waals surface area contributed by atoms with Crippen LogP contribution in [0, 0.1) is 0 Å². The van der Waals surface area contributed by atoms with Crippen LogP contribution in [0.1, 0.15) is 12.2 Å². The third-order valence-corrected chi connectivity index (χ3v) is 4.07. The first-order valence-electron chi connectivity index (χ1n) is 8.19. The molecule has 0 unspecified atom stereocenters. The summed E-state index contributed by atoms with van der Waals surface area (Å²) in [4.78, 5) is 16.5. The summed E-state index contributed by atoms with van der Waals surface area (Å²) in [6.45, 7) is 4.67. The zero-order chi connectivity index (χ0) is 16.6.